The third-order valence-corrected chi connectivity index (χ3v) is 4.24. The smallest absolute Gasteiger partial charge is 0.338 e. The lowest BCUT2D eigenvalue weighted by molar-refractivity contribution is -0.126. The maximum absolute atomic E-state index is 12.5. The van der Waals surface area contributed by atoms with Gasteiger partial charge in [-0.3, -0.25) is 4.79 Å². The van der Waals surface area contributed by atoms with Crippen LogP contribution in [0.5, 0.6) is 0 Å². The standard InChI is InChI=1S/C16H22N2O3/c1-11-12(14(19)21-3)5-4-6-13(11)18-15(20)16(2)7-9-17-10-8-16/h4-6,17H,7-10H2,1-3H3,(H,18,20). The summed E-state index contributed by atoms with van der Waals surface area (Å²) in [6.45, 7) is 5.51. The highest BCUT2D eigenvalue weighted by Crippen LogP contribution is 2.30. The summed E-state index contributed by atoms with van der Waals surface area (Å²) >= 11 is 0. The van der Waals surface area contributed by atoms with Crippen molar-refractivity contribution in [3.8, 4) is 0 Å². The number of anilines is 1. The molecule has 2 N–H and O–H groups in total. The fraction of sp³-hybridized carbons (Fsp3) is 0.500. The van der Waals surface area contributed by atoms with Crippen LogP contribution in [0.4, 0.5) is 5.69 Å². The molecule has 5 nitrogen and oxygen atoms in total. The van der Waals surface area contributed by atoms with E-state index in [-0.39, 0.29) is 11.3 Å². The normalized spacial score (nSPS) is 17.1. The fourth-order valence-corrected chi connectivity index (χ4v) is 2.58. The number of nitrogens with one attached hydrogen (secondary N) is 2. The molecular formula is C16H22N2O3. The molecule has 1 aliphatic rings. The molecule has 1 heterocycles. The zero-order valence-electron chi connectivity index (χ0n) is 12.8. The molecule has 0 spiro atoms. The van der Waals surface area contributed by atoms with Crippen LogP contribution in [0.3, 0.4) is 0 Å². The molecule has 0 bridgehead atoms. The van der Waals surface area contributed by atoms with E-state index in [9.17, 15) is 9.59 Å². The highest BCUT2D eigenvalue weighted by atomic mass is 16.5. The molecule has 1 saturated heterocycles. The first kappa shape index (κ1) is 15.5. The number of methoxy groups -OCH3 is 1. The molecular weight excluding hydrogens is 268 g/mol. The minimum atomic E-state index is -0.392. The molecule has 1 aliphatic heterocycles. The zero-order valence-corrected chi connectivity index (χ0v) is 12.8. The van der Waals surface area contributed by atoms with Crippen molar-refractivity contribution in [2.75, 3.05) is 25.5 Å². The minimum Gasteiger partial charge on any atom is -0.465 e. The van der Waals surface area contributed by atoms with Gasteiger partial charge in [-0.2, -0.15) is 0 Å². The molecule has 1 aromatic rings. The van der Waals surface area contributed by atoms with Crippen LogP contribution in [0.1, 0.15) is 35.7 Å². The Labute approximate surface area is 125 Å². The molecule has 114 valence electrons. The van der Waals surface area contributed by atoms with Gasteiger partial charge in [0, 0.05) is 11.1 Å². The van der Waals surface area contributed by atoms with Crippen LogP contribution < -0.4 is 10.6 Å². The highest BCUT2D eigenvalue weighted by Gasteiger charge is 2.34. The van der Waals surface area contributed by atoms with Crippen LogP contribution in [-0.4, -0.2) is 32.1 Å². The summed E-state index contributed by atoms with van der Waals surface area (Å²) in [4.78, 5) is 24.2. The molecule has 0 aromatic heterocycles. The molecule has 0 radical (unpaired) electrons. The number of hydrogen-bond donors (Lipinski definition) is 2. The summed E-state index contributed by atoms with van der Waals surface area (Å²) in [5.41, 5.74) is 1.52. The molecule has 0 saturated carbocycles. The molecule has 2 rings (SSSR count). The molecule has 0 atom stereocenters. The molecule has 1 amide bonds. The fourth-order valence-electron chi connectivity index (χ4n) is 2.58. The van der Waals surface area contributed by atoms with Gasteiger partial charge in [-0.05, 0) is 50.6 Å². The van der Waals surface area contributed by atoms with Gasteiger partial charge in [0.1, 0.15) is 0 Å². The van der Waals surface area contributed by atoms with Crippen molar-refractivity contribution in [3.05, 3.63) is 29.3 Å². The van der Waals surface area contributed by atoms with Gasteiger partial charge < -0.3 is 15.4 Å². The minimum absolute atomic E-state index is 0.00844. The average molecular weight is 290 g/mol. The Hall–Kier alpha value is -1.88. The van der Waals surface area contributed by atoms with Crippen molar-refractivity contribution in [2.24, 2.45) is 5.41 Å². The van der Waals surface area contributed by atoms with Gasteiger partial charge in [-0.25, -0.2) is 4.79 Å². The van der Waals surface area contributed by atoms with Gasteiger partial charge in [-0.15, -0.1) is 0 Å². The molecule has 21 heavy (non-hydrogen) atoms. The van der Waals surface area contributed by atoms with Crippen molar-refractivity contribution in [1.29, 1.82) is 0 Å². The average Bonchev–Trinajstić information content (AvgIpc) is 2.49. The second-order valence-corrected chi connectivity index (χ2v) is 5.73. The van der Waals surface area contributed by atoms with Crippen molar-refractivity contribution < 1.29 is 14.3 Å². The number of carbonyl (C=O) groups excluding carboxylic acids is 2. The summed E-state index contributed by atoms with van der Waals surface area (Å²) in [6.07, 6.45) is 1.63. The van der Waals surface area contributed by atoms with E-state index in [0.29, 0.717) is 11.3 Å². The van der Waals surface area contributed by atoms with Crippen LogP contribution in [0.2, 0.25) is 0 Å². The number of rotatable bonds is 3. The first-order chi connectivity index (χ1) is 9.98. The number of esters is 1. The Bertz CT molecular complexity index is 548. The lowest BCUT2D eigenvalue weighted by Crippen LogP contribution is -2.43. The van der Waals surface area contributed by atoms with E-state index in [1.807, 2.05) is 19.9 Å². The number of hydrogen-bond acceptors (Lipinski definition) is 4. The van der Waals surface area contributed by atoms with Crippen molar-refractivity contribution in [2.45, 2.75) is 26.7 Å². The quantitative estimate of drug-likeness (QED) is 0.837. The lowest BCUT2D eigenvalue weighted by atomic mass is 9.80. The number of ether oxygens (including phenoxy) is 1. The van der Waals surface area contributed by atoms with E-state index in [2.05, 4.69) is 10.6 Å². The molecule has 0 unspecified atom stereocenters. The maximum Gasteiger partial charge on any atom is 0.338 e. The second-order valence-electron chi connectivity index (χ2n) is 5.73. The molecule has 1 fully saturated rings. The van der Waals surface area contributed by atoms with Crippen molar-refractivity contribution in [3.63, 3.8) is 0 Å². The summed E-state index contributed by atoms with van der Waals surface area (Å²) in [6, 6.07) is 5.26. The summed E-state index contributed by atoms with van der Waals surface area (Å²) in [5, 5.41) is 6.23. The monoisotopic (exact) mass is 290 g/mol. The van der Waals surface area contributed by atoms with Crippen LogP contribution in [-0.2, 0) is 9.53 Å². The van der Waals surface area contributed by atoms with Crippen LogP contribution in [0, 0.1) is 12.3 Å². The van der Waals surface area contributed by atoms with Gasteiger partial charge >= 0.3 is 5.97 Å². The highest BCUT2D eigenvalue weighted by molar-refractivity contribution is 5.98. The summed E-state index contributed by atoms with van der Waals surface area (Å²) in [5.74, 6) is -0.384. The summed E-state index contributed by atoms with van der Waals surface area (Å²) < 4.78 is 4.75. The molecule has 5 heteroatoms. The number of carbonyl (C=O) groups is 2. The summed E-state index contributed by atoms with van der Waals surface area (Å²) in [7, 11) is 1.35. The van der Waals surface area contributed by atoms with E-state index in [1.165, 1.54) is 7.11 Å². The Morgan fingerprint density at radius 2 is 1.95 bits per heavy atom. The van der Waals surface area contributed by atoms with E-state index >= 15 is 0 Å². The van der Waals surface area contributed by atoms with Gasteiger partial charge in [-0.1, -0.05) is 13.0 Å². The van der Waals surface area contributed by atoms with E-state index in [0.717, 1.165) is 31.5 Å². The Kier molecular flexibility index (Phi) is 4.63. The van der Waals surface area contributed by atoms with E-state index < -0.39 is 5.97 Å². The maximum atomic E-state index is 12.5. The third-order valence-electron chi connectivity index (χ3n) is 4.24. The third kappa shape index (κ3) is 3.24. The largest absolute Gasteiger partial charge is 0.465 e. The predicted octanol–water partition coefficient (Wildman–Crippen LogP) is 2.11. The zero-order chi connectivity index (χ0) is 15.5. The van der Waals surface area contributed by atoms with Crippen LogP contribution in [0.25, 0.3) is 0 Å². The van der Waals surface area contributed by atoms with Gasteiger partial charge in [0.05, 0.1) is 12.7 Å². The van der Waals surface area contributed by atoms with Crippen LogP contribution >= 0.6 is 0 Å². The van der Waals surface area contributed by atoms with E-state index in [4.69, 9.17) is 4.74 Å². The Morgan fingerprint density at radius 1 is 1.29 bits per heavy atom. The second kappa shape index (κ2) is 6.26. The molecule has 1 aromatic carbocycles. The van der Waals surface area contributed by atoms with Gasteiger partial charge in [0.2, 0.25) is 5.91 Å². The number of benzene rings is 1. The van der Waals surface area contributed by atoms with Crippen molar-refractivity contribution in [1.82, 2.24) is 5.32 Å². The lowest BCUT2D eigenvalue weighted by Gasteiger charge is -2.32. The van der Waals surface area contributed by atoms with Crippen LogP contribution in [0.15, 0.2) is 18.2 Å². The topological polar surface area (TPSA) is 67.4 Å². The first-order valence-electron chi connectivity index (χ1n) is 7.18. The van der Waals surface area contributed by atoms with Gasteiger partial charge in [0.15, 0.2) is 0 Å². The number of amides is 1. The Morgan fingerprint density at radius 3 is 2.57 bits per heavy atom. The van der Waals surface area contributed by atoms with E-state index in [1.54, 1.807) is 12.1 Å². The molecule has 0 aliphatic carbocycles. The van der Waals surface area contributed by atoms with Crippen molar-refractivity contribution >= 4 is 17.6 Å². The number of piperidine rings is 1. The Balaban J connectivity index is 2.19. The SMILES string of the molecule is COC(=O)c1cccc(NC(=O)C2(C)CCNCC2)c1C. The van der Waals surface area contributed by atoms with Gasteiger partial charge in [0.25, 0.3) is 0 Å². The first-order valence-corrected chi connectivity index (χ1v) is 7.18. The predicted molar refractivity (Wildman–Crippen MR) is 81.4 cm³/mol.